The van der Waals surface area contributed by atoms with E-state index in [-0.39, 0.29) is 11.5 Å². The summed E-state index contributed by atoms with van der Waals surface area (Å²) in [6.07, 6.45) is 1.52. The van der Waals surface area contributed by atoms with Crippen LogP contribution in [0.3, 0.4) is 0 Å². The van der Waals surface area contributed by atoms with Gasteiger partial charge in [0.25, 0.3) is 0 Å². The lowest BCUT2D eigenvalue weighted by molar-refractivity contribution is -0.0191. The maximum absolute atomic E-state index is 6.22. The van der Waals surface area contributed by atoms with Gasteiger partial charge in [-0.25, -0.2) is 9.97 Å². The van der Waals surface area contributed by atoms with E-state index in [4.69, 9.17) is 27.9 Å². The quantitative estimate of drug-likeness (QED) is 0.729. The Labute approximate surface area is 125 Å². The Morgan fingerprint density at radius 2 is 1.63 bits per heavy atom. The first-order valence-electron chi connectivity index (χ1n) is 6.64. The lowest BCUT2D eigenvalue weighted by atomic mass is 9.88. The molecule has 1 atom stereocenters. The van der Waals surface area contributed by atoms with Crippen molar-refractivity contribution >= 4 is 23.2 Å². The smallest absolute Gasteiger partial charge is 0.161 e. The van der Waals surface area contributed by atoms with Crippen molar-refractivity contribution < 1.29 is 4.74 Å². The summed E-state index contributed by atoms with van der Waals surface area (Å²) in [5.74, 6) is 0.559. The average molecular weight is 305 g/mol. The second-order valence-electron chi connectivity index (χ2n) is 5.59. The Balaban J connectivity index is 3.19. The molecule has 0 radical (unpaired) electrons. The highest BCUT2D eigenvalue weighted by molar-refractivity contribution is 6.34. The second kappa shape index (κ2) is 6.87. The zero-order chi connectivity index (χ0) is 14.6. The van der Waals surface area contributed by atoms with Crippen molar-refractivity contribution in [2.75, 3.05) is 6.61 Å². The highest BCUT2D eigenvalue weighted by atomic mass is 35.5. The lowest BCUT2D eigenvalue weighted by Crippen LogP contribution is -2.24. The van der Waals surface area contributed by atoms with E-state index in [9.17, 15) is 0 Å². The molecule has 0 aromatic carbocycles. The van der Waals surface area contributed by atoms with E-state index >= 15 is 0 Å². The van der Waals surface area contributed by atoms with Crippen molar-refractivity contribution in [1.29, 1.82) is 0 Å². The van der Waals surface area contributed by atoms with Gasteiger partial charge in [-0.1, -0.05) is 57.3 Å². The van der Waals surface area contributed by atoms with Crippen molar-refractivity contribution in [2.24, 2.45) is 5.41 Å². The molecular weight excluding hydrogens is 283 g/mol. The second-order valence-corrected chi connectivity index (χ2v) is 6.31. The van der Waals surface area contributed by atoms with E-state index in [0.29, 0.717) is 22.7 Å². The minimum absolute atomic E-state index is 0.116. The zero-order valence-corrected chi connectivity index (χ0v) is 13.8. The molecule has 19 heavy (non-hydrogen) atoms. The maximum Gasteiger partial charge on any atom is 0.161 e. The fourth-order valence-corrected chi connectivity index (χ4v) is 2.49. The minimum Gasteiger partial charge on any atom is -0.370 e. The standard InChI is InChI=1S/C14H22Cl2N2O/c1-6-8-9-11(15)17-13(18-12(9)16)10(19-7-2)14(3,4)5/h10H,6-8H2,1-5H3. The van der Waals surface area contributed by atoms with Crippen molar-refractivity contribution in [1.82, 2.24) is 9.97 Å². The van der Waals surface area contributed by atoms with Gasteiger partial charge in [-0.2, -0.15) is 0 Å². The highest BCUT2D eigenvalue weighted by Crippen LogP contribution is 2.36. The maximum atomic E-state index is 6.22. The van der Waals surface area contributed by atoms with E-state index in [2.05, 4.69) is 37.7 Å². The third-order valence-electron chi connectivity index (χ3n) is 2.78. The van der Waals surface area contributed by atoms with Crippen LogP contribution < -0.4 is 0 Å². The molecule has 1 aromatic heterocycles. The number of rotatable bonds is 5. The molecule has 0 saturated carbocycles. The summed E-state index contributed by atoms with van der Waals surface area (Å²) >= 11 is 12.4. The fourth-order valence-electron chi connectivity index (χ4n) is 1.90. The van der Waals surface area contributed by atoms with Gasteiger partial charge in [0.15, 0.2) is 5.82 Å². The Morgan fingerprint density at radius 3 is 2.00 bits per heavy atom. The molecule has 0 fully saturated rings. The van der Waals surface area contributed by atoms with Crippen LogP contribution in [0, 0.1) is 5.41 Å². The highest BCUT2D eigenvalue weighted by Gasteiger charge is 2.30. The van der Waals surface area contributed by atoms with Crippen molar-refractivity contribution in [3.8, 4) is 0 Å². The molecule has 1 unspecified atom stereocenters. The van der Waals surface area contributed by atoms with Crippen LogP contribution in [0.15, 0.2) is 0 Å². The Bertz CT molecular complexity index is 407. The van der Waals surface area contributed by atoms with Gasteiger partial charge < -0.3 is 4.74 Å². The van der Waals surface area contributed by atoms with Gasteiger partial charge in [-0.05, 0) is 18.8 Å². The summed E-state index contributed by atoms with van der Waals surface area (Å²) < 4.78 is 5.76. The topological polar surface area (TPSA) is 35.0 Å². The predicted molar refractivity (Wildman–Crippen MR) is 79.9 cm³/mol. The average Bonchev–Trinajstić information content (AvgIpc) is 2.29. The SMILES string of the molecule is CCCc1c(Cl)nc(C(OCC)C(C)(C)C)nc1Cl. The van der Waals surface area contributed by atoms with Gasteiger partial charge in [0.1, 0.15) is 16.4 Å². The molecule has 0 aliphatic rings. The summed E-state index contributed by atoms with van der Waals surface area (Å²) in [5.41, 5.74) is 0.702. The first-order chi connectivity index (χ1) is 8.81. The summed E-state index contributed by atoms with van der Waals surface area (Å²) in [5, 5.41) is 0.872. The van der Waals surface area contributed by atoms with Gasteiger partial charge in [0.05, 0.1) is 0 Å². The van der Waals surface area contributed by atoms with Gasteiger partial charge in [0, 0.05) is 12.2 Å². The molecule has 1 heterocycles. The van der Waals surface area contributed by atoms with Gasteiger partial charge in [-0.3, -0.25) is 0 Å². The third-order valence-corrected chi connectivity index (χ3v) is 3.40. The molecular formula is C14H22Cl2N2O. The van der Waals surface area contributed by atoms with E-state index < -0.39 is 0 Å². The molecule has 0 aliphatic carbocycles. The first-order valence-corrected chi connectivity index (χ1v) is 7.40. The monoisotopic (exact) mass is 304 g/mol. The number of hydrogen-bond donors (Lipinski definition) is 0. The van der Waals surface area contributed by atoms with Crippen LogP contribution >= 0.6 is 23.2 Å². The molecule has 0 N–H and O–H groups in total. The minimum atomic E-state index is -0.219. The summed E-state index contributed by atoms with van der Waals surface area (Å²) in [4.78, 5) is 8.77. The number of ether oxygens (including phenoxy) is 1. The van der Waals surface area contributed by atoms with Gasteiger partial charge in [-0.15, -0.1) is 0 Å². The van der Waals surface area contributed by atoms with Crippen LogP contribution in [0.5, 0.6) is 0 Å². The van der Waals surface area contributed by atoms with E-state index in [1.54, 1.807) is 0 Å². The largest absolute Gasteiger partial charge is 0.370 e. The fraction of sp³-hybridized carbons (Fsp3) is 0.714. The molecule has 108 valence electrons. The number of hydrogen-bond acceptors (Lipinski definition) is 3. The van der Waals surface area contributed by atoms with Crippen LogP contribution in [-0.2, 0) is 11.2 Å². The van der Waals surface area contributed by atoms with Crippen LogP contribution in [-0.4, -0.2) is 16.6 Å². The molecule has 3 nitrogen and oxygen atoms in total. The summed E-state index contributed by atoms with van der Waals surface area (Å²) in [7, 11) is 0. The molecule has 1 rings (SSSR count). The Morgan fingerprint density at radius 1 is 1.11 bits per heavy atom. The molecule has 0 saturated heterocycles. The zero-order valence-electron chi connectivity index (χ0n) is 12.3. The van der Waals surface area contributed by atoms with Gasteiger partial charge in [0.2, 0.25) is 0 Å². The van der Waals surface area contributed by atoms with Crippen molar-refractivity contribution in [3.63, 3.8) is 0 Å². The number of nitrogens with zero attached hydrogens (tertiary/aromatic N) is 2. The van der Waals surface area contributed by atoms with E-state index in [1.807, 2.05) is 6.92 Å². The number of halogens is 2. The van der Waals surface area contributed by atoms with Crippen LogP contribution in [0.4, 0.5) is 0 Å². The third kappa shape index (κ3) is 4.30. The molecule has 1 aromatic rings. The Hall–Kier alpha value is -0.380. The van der Waals surface area contributed by atoms with Crippen molar-refractivity contribution in [2.45, 2.75) is 53.6 Å². The number of aromatic nitrogens is 2. The molecule has 5 heteroatoms. The summed E-state index contributed by atoms with van der Waals surface area (Å²) in [6.45, 7) is 10.9. The van der Waals surface area contributed by atoms with E-state index in [0.717, 1.165) is 18.4 Å². The van der Waals surface area contributed by atoms with Crippen LogP contribution in [0.2, 0.25) is 10.3 Å². The van der Waals surface area contributed by atoms with Gasteiger partial charge >= 0.3 is 0 Å². The van der Waals surface area contributed by atoms with E-state index in [1.165, 1.54) is 0 Å². The normalized spacial score (nSPS) is 13.6. The molecule has 0 spiro atoms. The predicted octanol–water partition coefficient (Wildman–Crippen LogP) is 4.86. The molecule has 0 amide bonds. The van der Waals surface area contributed by atoms with Crippen LogP contribution in [0.1, 0.15) is 58.5 Å². The van der Waals surface area contributed by atoms with Crippen LogP contribution in [0.25, 0.3) is 0 Å². The molecule has 0 bridgehead atoms. The molecule has 0 aliphatic heterocycles. The van der Waals surface area contributed by atoms with Crippen molar-refractivity contribution in [3.05, 3.63) is 21.7 Å². The summed E-state index contributed by atoms with van der Waals surface area (Å²) in [6, 6.07) is 0. The first kappa shape index (κ1) is 16.7. The lowest BCUT2D eigenvalue weighted by Gasteiger charge is -2.29. The Kier molecular flexibility index (Phi) is 6.03.